The average molecular weight is 427 g/mol. The van der Waals surface area contributed by atoms with E-state index in [0.717, 1.165) is 11.1 Å². The van der Waals surface area contributed by atoms with Gasteiger partial charge in [-0.2, -0.15) is 0 Å². The van der Waals surface area contributed by atoms with E-state index in [2.05, 4.69) is 10.3 Å². The van der Waals surface area contributed by atoms with Crippen molar-refractivity contribution in [1.29, 1.82) is 0 Å². The molecule has 0 saturated carbocycles. The van der Waals surface area contributed by atoms with E-state index in [1.165, 1.54) is 0 Å². The Labute approximate surface area is 179 Å². The first-order valence-electron chi connectivity index (χ1n) is 9.15. The molecule has 3 rings (SSSR count). The minimum absolute atomic E-state index is 0.0230. The van der Waals surface area contributed by atoms with E-state index in [4.69, 9.17) is 23.2 Å². The summed E-state index contributed by atoms with van der Waals surface area (Å²) >= 11 is 12.4. The van der Waals surface area contributed by atoms with Crippen LogP contribution in [-0.2, 0) is 11.2 Å². The summed E-state index contributed by atoms with van der Waals surface area (Å²) in [5.41, 5.74) is 3.81. The van der Waals surface area contributed by atoms with Gasteiger partial charge in [-0.3, -0.25) is 9.79 Å². The second-order valence-electron chi connectivity index (χ2n) is 6.49. The van der Waals surface area contributed by atoms with E-state index in [-0.39, 0.29) is 16.7 Å². The van der Waals surface area contributed by atoms with Crippen molar-refractivity contribution in [3.8, 4) is 5.75 Å². The molecule has 3 aromatic carbocycles. The van der Waals surface area contributed by atoms with Gasteiger partial charge in [0.2, 0.25) is 5.91 Å². The molecule has 0 aliphatic carbocycles. The third-order valence-electron chi connectivity index (χ3n) is 4.33. The average Bonchev–Trinajstić information content (AvgIpc) is 2.72. The predicted octanol–water partition coefficient (Wildman–Crippen LogP) is 6.39. The summed E-state index contributed by atoms with van der Waals surface area (Å²) in [5, 5.41) is 14.0. The Kier molecular flexibility index (Phi) is 6.91. The molecule has 4 nitrogen and oxygen atoms in total. The summed E-state index contributed by atoms with van der Waals surface area (Å²) in [6, 6.07) is 18.3. The van der Waals surface area contributed by atoms with Gasteiger partial charge in [-0.1, -0.05) is 48.3 Å². The number of nitrogens with one attached hydrogen (secondary N) is 1. The molecule has 0 unspecified atom stereocenters. The highest BCUT2D eigenvalue weighted by atomic mass is 35.5. The number of carbonyl (C=O) groups excluding carboxylic acids is 1. The van der Waals surface area contributed by atoms with Crippen molar-refractivity contribution >= 4 is 46.7 Å². The van der Waals surface area contributed by atoms with Crippen LogP contribution in [0.1, 0.15) is 30.0 Å². The number of phenols is 1. The maximum absolute atomic E-state index is 11.4. The van der Waals surface area contributed by atoms with Crippen LogP contribution in [0.15, 0.2) is 65.7 Å². The highest BCUT2D eigenvalue weighted by Crippen LogP contribution is 2.30. The molecule has 0 heterocycles. The molecule has 0 saturated heterocycles. The molecule has 0 atom stereocenters. The monoisotopic (exact) mass is 426 g/mol. The lowest BCUT2D eigenvalue weighted by atomic mass is 10.0. The van der Waals surface area contributed by atoms with Gasteiger partial charge < -0.3 is 10.4 Å². The normalized spacial score (nSPS) is 11.0. The molecule has 0 fully saturated rings. The minimum atomic E-state index is -0.0452. The molecule has 0 aliphatic rings. The highest BCUT2D eigenvalue weighted by molar-refractivity contribution is 6.32. The zero-order valence-corrected chi connectivity index (χ0v) is 17.3. The van der Waals surface area contributed by atoms with Gasteiger partial charge in [-0.05, 0) is 60.0 Å². The molecular weight excluding hydrogens is 407 g/mol. The number of hydrogen-bond donors (Lipinski definition) is 2. The van der Waals surface area contributed by atoms with E-state index in [9.17, 15) is 9.90 Å². The standard InChI is InChI=1S/C23H20Cl2N2O2/c1-2-22(28)27-19-9-7-18(8-10-19)26-14-17-12-15(13-21(25)23(17)29)11-16-5-3-4-6-20(16)24/h3-10,12-14,29H,2,11H2,1H3,(H,27,28). The number of aliphatic imine (C=N–C) groups is 1. The predicted molar refractivity (Wildman–Crippen MR) is 120 cm³/mol. The molecule has 0 aliphatic heterocycles. The largest absolute Gasteiger partial charge is 0.506 e. The Balaban J connectivity index is 1.80. The summed E-state index contributed by atoms with van der Waals surface area (Å²) in [4.78, 5) is 15.8. The van der Waals surface area contributed by atoms with Crippen LogP contribution in [0.3, 0.4) is 0 Å². The Bertz CT molecular complexity index is 1050. The van der Waals surface area contributed by atoms with Gasteiger partial charge in [0.05, 0.1) is 10.7 Å². The van der Waals surface area contributed by atoms with Crippen molar-refractivity contribution in [2.45, 2.75) is 19.8 Å². The fourth-order valence-corrected chi connectivity index (χ4v) is 3.22. The van der Waals surface area contributed by atoms with Crippen molar-refractivity contribution in [1.82, 2.24) is 0 Å². The van der Waals surface area contributed by atoms with Crippen LogP contribution in [0.4, 0.5) is 11.4 Å². The number of aromatic hydroxyl groups is 1. The van der Waals surface area contributed by atoms with Gasteiger partial charge in [0, 0.05) is 28.9 Å². The minimum Gasteiger partial charge on any atom is -0.506 e. The van der Waals surface area contributed by atoms with E-state index in [0.29, 0.717) is 34.8 Å². The first-order chi connectivity index (χ1) is 14.0. The summed E-state index contributed by atoms with van der Waals surface area (Å²) < 4.78 is 0. The number of phenolic OH excluding ortho intramolecular Hbond substituents is 1. The van der Waals surface area contributed by atoms with Crippen molar-refractivity contribution in [2.24, 2.45) is 4.99 Å². The second-order valence-corrected chi connectivity index (χ2v) is 7.30. The van der Waals surface area contributed by atoms with Crippen molar-refractivity contribution in [3.05, 3.63) is 87.4 Å². The van der Waals surface area contributed by atoms with Crippen LogP contribution in [0, 0.1) is 0 Å². The van der Waals surface area contributed by atoms with Crippen molar-refractivity contribution in [2.75, 3.05) is 5.32 Å². The Hall–Kier alpha value is -2.82. The zero-order chi connectivity index (χ0) is 20.8. The van der Waals surface area contributed by atoms with Gasteiger partial charge in [0.15, 0.2) is 0 Å². The molecule has 0 radical (unpaired) electrons. The van der Waals surface area contributed by atoms with Crippen LogP contribution in [-0.4, -0.2) is 17.2 Å². The van der Waals surface area contributed by atoms with Gasteiger partial charge in [-0.15, -0.1) is 0 Å². The molecular formula is C23H20Cl2N2O2. The lowest BCUT2D eigenvalue weighted by Crippen LogP contribution is -2.08. The second kappa shape index (κ2) is 9.59. The number of carbonyl (C=O) groups is 1. The van der Waals surface area contributed by atoms with Gasteiger partial charge in [0.1, 0.15) is 5.75 Å². The van der Waals surface area contributed by atoms with Gasteiger partial charge in [-0.25, -0.2) is 0 Å². The van der Waals surface area contributed by atoms with Gasteiger partial charge >= 0.3 is 0 Å². The Morgan fingerprint density at radius 2 is 1.79 bits per heavy atom. The van der Waals surface area contributed by atoms with E-state index in [1.54, 1.807) is 43.5 Å². The smallest absolute Gasteiger partial charge is 0.224 e. The molecule has 2 N–H and O–H groups in total. The third kappa shape index (κ3) is 5.59. The number of halogens is 2. The number of hydrogen-bond acceptors (Lipinski definition) is 3. The summed E-state index contributed by atoms with van der Waals surface area (Å²) in [7, 11) is 0. The van der Waals surface area contributed by atoms with Crippen molar-refractivity contribution in [3.63, 3.8) is 0 Å². The molecule has 0 spiro atoms. The molecule has 0 bridgehead atoms. The number of nitrogens with zero attached hydrogens (tertiary/aromatic N) is 1. The van der Waals surface area contributed by atoms with Crippen LogP contribution < -0.4 is 5.32 Å². The first kappa shape index (κ1) is 20.9. The lowest BCUT2D eigenvalue weighted by Gasteiger charge is -2.08. The quantitative estimate of drug-likeness (QED) is 0.448. The number of anilines is 1. The molecule has 3 aromatic rings. The Morgan fingerprint density at radius 1 is 1.07 bits per heavy atom. The number of amides is 1. The fraction of sp³-hybridized carbons (Fsp3) is 0.130. The highest BCUT2D eigenvalue weighted by Gasteiger charge is 2.09. The molecule has 148 valence electrons. The molecule has 1 amide bonds. The molecule has 0 aromatic heterocycles. The maximum Gasteiger partial charge on any atom is 0.224 e. The van der Waals surface area contributed by atoms with E-state index in [1.807, 2.05) is 30.3 Å². The van der Waals surface area contributed by atoms with Crippen LogP contribution in [0.2, 0.25) is 10.0 Å². The number of rotatable bonds is 6. The topological polar surface area (TPSA) is 61.7 Å². The van der Waals surface area contributed by atoms with Gasteiger partial charge in [0.25, 0.3) is 0 Å². The summed E-state index contributed by atoms with van der Waals surface area (Å²) in [5.74, 6) is -0.0682. The zero-order valence-electron chi connectivity index (χ0n) is 15.8. The van der Waals surface area contributed by atoms with E-state index < -0.39 is 0 Å². The molecule has 6 heteroatoms. The lowest BCUT2D eigenvalue weighted by molar-refractivity contribution is -0.115. The van der Waals surface area contributed by atoms with Crippen molar-refractivity contribution < 1.29 is 9.90 Å². The first-order valence-corrected chi connectivity index (χ1v) is 9.90. The van der Waals surface area contributed by atoms with Crippen LogP contribution >= 0.6 is 23.2 Å². The maximum atomic E-state index is 11.4. The van der Waals surface area contributed by atoms with Crippen LogP contribution in [0.25, 0.3) is 0 Å². The van der Waals surface area contributed by atoms with Crippen LogP contribution in [0.5, 0.6) is 5.75 Å². The number of benzene rings is 3. The fourth-order valence-electron chi connectivity index (χ4n) is 2.77. The molecule has 29 heavy (non-hydrogen) atoms. The summed E-state index contributed by atoms with van der Waals surface area (Å²) in [6.07, 6.45) is 2.58. The third-order valence-corrected chi connectivity index (χ3v) is 4.99. The Morgan fingerprint density at radius 3 is 2.48 bits per heavy atom. The SMILES string of the molecule is CCC(=O)Nc1ccc(N=Cc2cc(Cc3ccccc3Cl)cc(Cl)c2O)cc1. The summed E-state index contributed by atoms with van der Waals surface area (Å²) in [6.45, 7) is 1.80. The van der Waals surface area contributed by atoms with E-state index >= 15 is 0 Å².